The SMILES string of the molecule is CCC(Cn1cc(-c2cccc(F)c2)c2ccccc21)NS(=O)(=O)c1c(C)cc(C)cc1C. The molecule has 1 heterocycles. The van der Waals surface area contributed by atoms with Gasteiger partial charge in [0.15, 0.2) is 0 Å². The minimum absolute atomic E-state index is 0.285. The van der Waals surface area contributed by atoms with Crippen LogP contribution in [0.15, 0.2) is 71.8 Å². The number of aromatic nitrogens is 1. The van der Waals surface area contributed by atoms with Gasteiger partial charge in [-0.2, -0.15) is 0 Å². The van der Waals surface area contributed by atoms with Crippen molar-refractivity contribution in [3.63, 3.8) is 0 Å². The first-order chi connectivity index (χ1) is 15.7. The van der Waals surface area contributed by atoms with Crippen molar-refractivity contribution in [3.8, 4) is 11.1 Å². The molecule has 0 radical (unpaired) electrons. The minimum atomic E-state index is -3.69. The molecular formula is C27H29FN2O2S. The lowest BCUT2D eigenvalue weighted by molar-refractivity contribution is 0.491. The molecule has 4 nitrogen and oxygen atoms in total. The zero-order valence-corrected chi connectivity index (χ0v) is 20.2. The first-order valence-corrected chi connectivity index (χ1v) is 12.6. The number of benzene rings is 3. The van der Waals surface area contributed by atoms with Crippen LogP contribution in [0.1, 0.15) is 30.0 Å². The number of nitrogens with one attached hydrogen (secondary N) is 1. The maximum absolute atomic E-state index is 13.9. The summed E-state index contributed by atoms with van der Waals surface area (Å²) in [6.45, 7) is 8.07. The van der Waals surface area contributed by atoms with Gasteiger partial charge in [0.05, 0.1) is 4.90 Å². The van der Waals surface area contributed by atoms with Gasteiger partial charge in [0.1, 0.15) is 5.82 Å². The maximum Gasteiger partial charge on any atom is 0.241 e. The molecule has 0 saturated carbocycles. The minimum Gasteiger partial charge on any atom is -0.345 e. The van der Waals surface area contributed by atoms with Gasteiger partial charge >= 0.3 is 0 Å². The molecular weight excluding hydrogens is 435 g/mol. The summed E-state index contributed by atoms with van der Waals surface area (Å²) in [5.41, 5.74) is 5.23. The van der Waals surface area contributed by atoms with E-state index < -0.39 is 10.0 Å². The lowest BCUT2D eigenvalue weighted by Gasteiger charge is -2.20. The molecule has 0 aliphatic rings. The van der Waals surface area contributed by atoms with E-state index in [9.17, 15) is 12.8 Å². The smallest absolute Gasteiger partial charge is 0.241 e. The number of aryl methyl sites for hydroxylation is 3. The molecule has 0 fully saturated rings. The number of sulfonamides is 1. The Kier molecular flexibility index (Phi) is 6.41. The molecule has 0 amide bonds. The first-order valence-electron chi connectivity index (χ1n) is 11.1. The predicted molar refractivity (Wildman–Crippen MR) is 132 cm³/mol. The first kappa shape index (κ1) is 23.2. The Morgan fingerprint density at radius 3 is 2.33 bits per heavy atom. The summed E-state index contributed by atoms with van der Waals surface area (Å²) in [5.74, 6) is -0.285. The van der Waals surface area contributed by atoms with Gasteiger partial charge in [-0.05, 0) is 62.1 Å². The molecule has 0 aliphatic heterocycles. The molecule has 0 aliphatic carbocycles. The van der Waals surface area contributed by atoms with Gasteiger partial charge in [-0.3, -0.25) is 0 Å². The van der Waals surface area contributed by atoms with Crippen molar-refractivity contribution in [2.24, 2.45) is 0 Å². The van der Waals surface area contributed by atoms with Gasteiger partial charge < -0.3 is 4.57 Å². The average molecular weight is 465 g/mol. The van der Waals surface area contributed by atoms with E-state index >= 15 is 0 Å². The topological polar surface area (TPSA) is 51.1 Å². The zero-order chi connectivity index (χ0) is 23.8. The van der Waals surface area contributed by atoms with Crippen molar-refractivity contribution in [1.82, 2.24) is 9.29 Å². The van der Waals surface area contributed by atoms with Crippen LogP contribution in [0.5, 0.6) is 0 Å². The van der Waals surface area contributed by atoms with Gasteiger partial charge in [0, 0.05) is 35.2 Å². The van der Waals surface area contributed by atoms with E-state index in [1.807, 2.05) is 76.4 Å². The summed E-state index contributed by atoms with van der Waals surface area (Å²) in [7, 11) is -3.69. The van der Waals surface area contributed by atoms with Gasteiger partial charge in [-0.25, -0.2) is 17.5 Å². The summed E-state index contributed by atoms with van der Waals surface area (Å²) in [6, 6.07) is 18.0. The molecule has 1 atom stereocenters. The Balaban J connectivity index is 1.69. The Bertz CT molecular complexity index is 1400. The molecule has 0 spiro atoms. The maximum atomic E-state index is 13.9. The van der Waals surface area contributed by atoms with Crippen molar-refractivity contribution in [2.75, 3.05) is 0 Å². The Labute approximate surface area is 195 Å². The lowest BCUT2D eigenvalue weighted by atomic mass is 10.1. The fourth-order valence-electron chi connectivity index (χ4n) is 4.64. The molecule has 4 aromatic rings. The number of halogens is 1. The van der Waals surface area contributed by atoms with Crippen LogP contribution in [0.25, 0.3) is 22.0 Å². The fraction of sp³-hybridized carbons (Fsp3) is 0.259. The van der Waals surface area contributed by atoms with Crippen LogP contribution in [-0.4, -0.2) is 19.0 Å². The fourth-order valence-corrected chi connectivity index (χ4v) is 6.40. The third kappa shape index (κ3) is 4.72. The van der Waals surface area contributed by atoms with Crippen molar-refractivity contribution < 1.29 is 12.8 Å². The van der Waals surface area contributed by atoms with E-state index in [0.717, 1.165) is 38.7 Å². The highest BCUT2D eigenvalue weighted by molar-refractivity contribution is 7.89. The van der Waals surface area contributed by atoms with Crippen LogP contribution in [0.3, 0.4) is 0 Å². The number of para-hydroxylation sites is 1. The van der Waals surface area contributed by atoms with E-state index in [1.165, 1.54) is 12.1 Å². The third-order valence-electron chi connectivity index (χ3n) is 6.03. The highest BCUT2D eigenvalue weighted by Crippen LogP contribution is 2.31. The normalized spacial score (nSPS) is 12.9. The van der Waals surface area contributed by atoms with Crippen LogP contribution in [-0.2, 0) is 16.6 Å². The van der Waals surface area contributed by atoms with Crippen LogP contribution in [0, 0.1) is 26.6 Å². The van der Waals surface area contributed by atoms with Crippen molar-refractivity contribution in [1.29, 1.82) is 0 Å². The number of fused-ring (bicyclic) bond motifs is 1. The molecule has 6 heteroatoms. The summed E-state index contributed by atoms with van der Waals surface area (Å²) >= 11 is 0. The van der Waals surface area contributed by atoms with Gasteiger partial charge in [0.2, 0.25) is 10.0 Å². The van der Waals surface area contributed by atoms with Crippen molar-refractivity contribution >= 4 is 20.9 Å². The largest absolute Gasteiger partial charge is 0.345 e. The molecule has 1 N–H and O–H groups in total. The molecule has 1 unspecified atom stereocenters. The molecule has 0 saturated heterocycles. The second-order valence-corrected chi connectivity index (χ2v) is 10.3. The van der Waals surface area contributed by atoms with E-state index in [-0.39, 0.29) is 11.9 Å². The van der Waals surface area contributed by atoms with E-state index in [4.69, 9.17) is 0 Å². The van der Waals surface area contributed by atoms with Crippen molar-refractivity contribution in [3.05, 3.63) is 89.4 Å². The number of nitrogens with zero attached hydrogens (tertiary/aromatic N) is 1. The van der Waals surface area contributed by atoms with Gasteiger partial charge in [-0.15, -0.1) is 0 Å². The van der Waals surface area contributed by atoms with E-state index in [2.05, 4.69) is 9.29 Å². The van der Waals surface area contributed by atoms with Crippen molar-refractivity contribution in [2.45, 2.75) is 51.6 Å². The summed E-state index contributed by atoms with van der Waals surface area (Å²) in [4.78, 5) is 0.351. The zero-order valence-electron chi connectivity index (χ0n) is 19.4. The quantitative estimate of drug-likeness (QED) is 0.358. The van der Waals surface area contributed by atoms with Crippen LogP contribution < -0.4 is 4.72 Å². The Morgan fingerprint density at radius 2 is 1.67 bits per heavy atom. The summed E-state index contributed by atoms with van der Waals surface area (Å²) in [6.07, 6.45) is 2.61. The van der Waals surface area contributed by atoms with E-state index in [1.54, 1.807) is 6.07 Å². The van der Waals surface area contributed by atoms with Crippen LogP contribution in [0.2, 0.25) is 0 Å². The third-order valence-corrected chi connectivity index (χ3v) is 7.85. The highest BCUT2D eigenvalue weighted by Gasteiger charge is 2.24. The standard InChI is InChI=1S/C27H29FN2O2S/c1-5-23(29-33(31,32)27-19(3)13-18(2)14-20(27)4)16-30-17-25(21-9-8-10-22(28)15-21)24-11-6-7-12-26(24)30/h6-15,17,23,29H,5,16H2,1-4H3. The monoisotopic (exact) mass is 464 g/mol. The molecule has 4 rings (SSSR count). The Hall–Kier alpha value is -2.96. The second-order valence-electron chi connectivity index (χ2n) is 8.68. The molecule has 33 heavy (non-hydrogen) atoms. The lowest BCUT2D eigenvalue weighted by Crippen LogP contribution is -2.38. The highest BCUT2D eigenvalue weighted by atomic mass is 32.2. The second kappa shape index (κ2) is 9.12. The summed E-state index contributed by atoms with van der Waals surface area (Å²) < 4.78 is 45.5. The van der Waals surface area contributed by atoms with Crippen LogP contribution in [0.4, 0.5) is 4.39 Å². The number of rotatable bonds is 7. The van der Waals surface area contributed by atoms with E-state index in [0.29, 0.717) is 17.9 Å². The van der Waals surface area contributed by atoms with Gasteiger partial charge in [0.25, 0.3) is 0 Å². The molecule has 172 valence electrons. The number of hydrogen-bond acceptors (Lipinski definition) is 2. The Morgan fingerprint density at radius 1 is 0.970 bits per heavy atom. The molecule has 1 aromatic heterocycles. The number of hydrogen-bond donors (Lipinski definition) is 1. The summed E-state index contributed by atoms with van der Waals surface area (Å²) in [5, 5.41) is 1.01. The average Bonchev–Trinajstić information content (AvgIpc) is 3.10. The van der Waals surface area contributed by atoms with Gasteiger partial charge in [-0.1, -0.05) is 55.0 Å². The molecule has 3 aromatic carbocycles. The predicted octanol–water partition coefficient (Wildman–Crippen LogP) is 6.13. The van der Waals surface area contributed by atoms with Crippen LogP contribution >= 0.6 is 0 Å². The molecule has 0 bridgehead atoms.